The molecule has 2 N–H and O–H groups in total. The number of aromatic carboxylic acids is 1. The Kier molecular flexibility index (Phi) is 4.30. The minimum atomic E-state index is -1.03. The summed E-state index contributed by atoms with van der Waals surface area (Å²) in [5.41, 5.74) is 0.0000203. The van der Waals surface area contributed by atoms with Gasteiger partial charge in [-0.2, -0.15) is 0 Å². The molecule has 1 aromatic heterocycles. The lowest BCUT2D eigenvalue weighted by molar-refractivity contribution is 0.0690. The molecule has 18 heavy (non-hydrogen) atoms. The van der Waals surface area contributed by atoms with E-state index >= 15 is 0 Å². The number of nitrogens with zero attached hydrogens (tertiary/aromatic N) is 3. The first-order chi connectivity index (χ1) is 8.69. The quantitative estimate of drug-likeness (QED) is 0.725. The molecule has 1 aliphatic rings. The maximum Gasteiger partial charge on any atom is 0.358 e. The SMILES string of the molecule is CCC(CC1CC1)NCCn1cc(C(=O)O)nn1. The Balaban J connectivity index is 1.70. The molecule has 1 heterocycles. The summed E-state index contributed by atoms with van der Waals surface area (Å²) in [5.74, 6) is -0.109. The Morgan fingerprint density at radius 2 is 2.44 bits per heavy atom. The van der Waals surface area contributed by atoms with Crippen LogP contribution in [-0.4, -0.2) is 38.7 Å². The van der Waals surface area contributed by atoms with Gasteiger partial charge < -0.3 is 10.4 Å². The number of hydrogen-bond acceptors (Lipinski definition) is 4. The van der Waals surface area contributed by atoms with Crippen molar-refractivity contribution in [1.82, 2.24) is 20.3 Å². The second kappa shape index (κ2) is 5.95. The van der Waals surface area contributed by atoms with Crippen LogP contribution in [0.5, 0.6) is 0 Å². The van der Waals surface area contributed by atoms with Gasteiger partial charge in [-0.25, -0.2) is 4.79 Å². The summed E-state index contributed by atoms with van der Waals surface area (Å²) in [6.45, 7) is 3.65. The fourth-order valence-electron chi connectivity index (χ4n) is 2.04. The average molecular weight is 252 g/mol. The Hall–Kier alpha value is -1.43. The fraction of sp³-hybridized carbons (Fsp3) is 0.750. The van der Waals surface area contributed by atoms with Crippen LogP contribution in [-0.2, 0) is 6.54 Å². The highest BCUT2D eigenvalue weighted by molar-refractivity contribution is 5.84. The molecule has 0 aromatic carbocycles. The molecule has 1 fully saturated rings. The molecule has 1 unspecified atom stereocenters. The van der Waals surface area contributed by atoms with Gasteiger partial charge in [0.05, 0.1) is 12.7 Å². The summed E-state index contributed by atoms with van der Waals surface area (Å²) < 4.78 is 1.57. The van der Waals surface area contributed by atoms with E-state index in [1.807, 2.05) is 0 Å². The molecule has 1 atom stereocenters. The molecule has 0 saturated heterocycles. The molecule has 0 aliphatic heterocycles. The van der Waals surface area contributed by atoms with E-state index in [1.165, 1.54) is 25.5 Å². The van der Waals surface area contributed by atoms with Crippen molar-refractivity contribution in [3.05, 3.63) is 11.9 Å². The Morgan fingerprint density at radius 1 is 1.67 bits per heavy atom. The van der Waals surface area contributed by atoms with E-state index in [0.717, 1.165) is 18.9 Å². The molecule has 1 saturated carbocycles. The third-order valence-corrected chi connectivity index (χ3v) is 3.34. The maximum atomic E-state index is 10.6. The number of nitrogens with one attached hydrogen (secondary N) is 1. The zero-order chi connectivity index (χ0) is 13.0. The smallest absolute Gasteiger partial charge is 0.358 e. The molecule has 1 aliphatic carbocycles. The standard InChI is InChI=1S/C12H20N4O2/c1-2-10(7-9-3-4-9)13-5-6-16-8-11(12(17)18)14-15-16/h8-10,13H,2-7H2,1H3,(H,17,18). The van der Waals surface area contributed by atoms with E-state index in [0.29, 0.717) is 12.6 Å². The molecule has 0 bridgehead atoms. The maximum absolute atomic E-state index is 10.6. The zero-order valence-corrected chi connectivity index (χ0v) is 10.7. The zero-order valence-electron chi connectivity index (χ0n) is 10.7. The van der Waals surface area contributed by atoms with Crippen molar-refractivity contribution in [3.8, 4) is 0 Å². The second-order valence-electron chi connectivity index (χ2n) is 4.91. The summed E-state index contributed by atoms with van der Waals surface area (Å²) in [4.78, 5) is 10.6. The van der Waals surface area contributed by atoms with Crippen molar-refractivity contribution >= 4 is 5.97 Å². The van der Waals surface area contributed by atoms with Crippen LogP contribution in [0, 0.1) is 5.92 Å². The second-order valence-corrected chi connectivity index (χ2v) is 4.91. The summed E-state index contributed by atoms with van der Waals surface area (Å²) >= 11 is 0. The van der Waals surface area contributed by atoms with Gasteiger partial charge in [0.25, 0.3) is 0 Å². The predicted molar refractivity (Wildman–Crippen MR) is 66.4 cm³/mol. The summed E-state index contributed by atoms with van der Waals surface area (Å²) in [7, 11) is 0. The van der Waals surface area contributed by atoms with Gasteiger partial charge in [-0.1, -0.05) is 25.0 Å². The summed E-state index contributed by atoms with van der Waals surface area (Å²) in [5, 5.41) is 19.6. The largest absolute Gasteiger partial charge is 0.476 e. The molecule has 2 rings (SSSR count). The van der Waals surface area contributed by atoms with Gasteiger partial charge in [-0.05, 0) is 18.8 Å². The number of hydrogen-bond donors (Lipinski definition) is 2. The van der Waals surface area contributed by atoms with Gasteiger partial charge in [0.15, 0.2) is 5.69 Å². The molecule has 0 spiro atoms. The molecule has 100 valence electrons. The van der Waals surface area contributed by atoms with Crippen molar-refractivity contribution in [1.29, 1.82) is 0 Å². The fourth-order valence-corrected chi connectivity index (χ4v) is 2.04. The molecule has 0 amide bonds. The lowest BCUT2D eigenvalue weighted by Gasteiger charge is -2.16. The van der Waals surface area contributed by atoms with Crippen molar-refractivity contribution < 1.29 is 9.90 Å². The lowest BCUT2D eigenvalue weighted by Crippen LogP contribution is -2.31. The highest BCUT2D eigenvalue weighted by atomic mass is 16.4. The van der Waals surface area contributed by atoms with E-state index in [1.54, 1.807) is 4.68 Å². The highest BCUT2D eigenvalue weighted by Crippen LogP contribution is 2.33. The van der Waals surface area contributed by atoms with Gasteiger partial charge in [-0.3, -0.25) is 4.68 Å². The van der Waals surface area contributed by atoms with Crippen LogP contribution < -0.4 is 5.32 Å². The van der Waals surface area contributed by atoms with Crippen LogP contribution >= 0.6 is 0 Å². The van der Waals surface area contributed by atoms with Crippen LogP contribution in [0.25, 0.3) is 0 Å². The molecule has 1 aromatic rings. The normalized spacial score (nSPS) is 16.7. The highest BCUT2D eigenvalue weighted by Gasteiger charge is 2.24. The number of carboxylic acids is 1. The van der Waals surface area contributed by atoms with Crippen molar-refractivity contribution in [3.63, 3.8) is 0 Å². The van der Waals surface area contributed by atoms with Gasteiger partial charge in [0.1, 0.15) is 0 Å². The number of carboxylic acid groups (broad SMARTS) is 1. The van der Waals surface area contributed by atoms with E-state index in [4.69, 9.17) is 5.11 Å². The minimum Gasteiger partial charge on any atom is -0.476 e. The van der Waals surface area contributed by atoms with Crippen molar-refractivity contribution in [2.24, 2.45) is 5.92 Å². The van der Waals surface area contributed by atoms with Gasteiger partial charge in [-0.15, -0.1) is 5.10 Å². The third kappa shape index (κ3) is 3.80. The van der Waals surface area contributed by atoms with Gasteiger partial charge in [0.2, 0.25) is 0 Å². The molecule has 0 radical (unpaired) electrons. The van der Waals surface area contributed by atoms with Crippen molar-refractivity contribution in [2.45, 2.75) is 45.2 Å². The van der Waals surface area contributed by atoms with Crippen LogP contribution in [0.2, 0.25) is 0 Å². The van der Waals surface area contributed by atoms with E-state index in [-0.39, 0.29) is 5.69 Å². The monoisotopic (exact) mass is 252 g/mol. The average Bonchev–Trinajstić information content (AvgIpc) is 3.03. The van der Waals surface area contributed by atoms with E-state index in [9.17, 15) is 4.79 Å². The first-order valence-electron chi connectivity index (χ1n) is 6.56. The Morgan fingerprint density at radius 3 is 3.00 bits per heavy atom. The summed E-state index contributed by atoms with van der Waals surface area (Å²) in [6.07, 6.45) is 6.61. The van der Waals surface area contributed by atoms with Gasteiger partial charge >= 0.3 is 5.97 Å². The van der Waals surface area contributed by atoms with Gasteiger partial charge in [0, 0.05) is 12.6 Å². The molecule has 6 nitrogen and oxygen atoms in total. The van der Waals surface area contributed by atoms with Crippen LogP contribution in [0.15, 0.2) is 6.20 Å². The van der Waals surface area contributed by atoms with E-state index < -0.39 is 5.97 Å². The number of carbonyl (C=O) groups is 1. The minimum absolute atomic E-state index is 0.0000203. The van der Waals surface area contributed by atoms with Crippen LogP contribution in [0.4, 0.5) is 0 Å². The molecular weight excluding hydrogens is 232 g/mol. The third-order valence-electron chi connectivity index (χ3n) is 3.34. The summed E-state index contributed by atoms with van der Waals surface area (Å²) in [6, 6.07) is 0.569. The van der Waals surface area contributed by atoms with Crippen LogP contribution in [0.3, 0.4) is 0 Å². The first kappa shape index (κ1) is 13.0. The van der Waals surface area contributed by atoms with E-state index in [2.05, 4.69) is 22.6 Å². The lowest BCUT2D eigenvalue weighted by atomic mass is 10.1. The van der Waals surface area contributed by atoms with Crippen molar-refractivity contribution in [2.75, 3.05) is 6.54 Å². The Labute approximate surface area is 106 Å². The number of rotatable bonds is 8. The van der Waals surface area contributed by atoms with Crippen LogP contribution in [0.1, 0.15) is 43.1 Å². The first-order valence-corrected chi connectivity index (χ1v) is 6.56. The predicted octanol–water partition coefficient (Wildman–Crippen LogP) is 1.14. The molecule has 6 heteroatoms. The number of aromatic nitrogens is 3. The Bertz CT molecular complexity index is 401. The topological polar surface area (TPSA) is 80.0 Å². The molecular formula is C12H20N4O2.